The van der Waals surface area contributed by atoms with Crippen molar-refractivity contribution in [3.8, 4) is 0 Å². The van der Waals surface area contributed by atoms with Crippen LogP contribution in [0.3, 0.4) is 0 Å². The Bertz CT molecular complexity index is 600. The Morgan fingerprint density at radius 2 is 1.92 bits per heavy atom. The maximum atomic E-state index is 13.2. The summed E-state index contributed by atoms with van der Waals surface area (Å²) in [4.78, 5) is 11.8. The molecule has 1 aliphatic rings. The molecular formula is C16H24F3N3O3. The van der Waals surface area contributed by atoms with E-state index in [2.05, 4.69) is 10.4 Å². The van der Waals surface area contributed by atoms with E-state index in [0.717, 1.165) is 12.8 Å². The zero-order valence-electron chi connectivity index (χ0n) is 14.6. The van der Waals surface area contributed by atoms with E-state index >= 15 is 0 Å². The number of amides is 1. The van der Waals surface area contributed by atoms with Crippen LogP contribution in [0, 0.1) is 5.92 Å². The van der Waals surface area contributed by atoms with Crippen LogP contribution >= 0.6 is 0 Å². The van der Waals surface area contributed by atoms with Gasteiger partial charge in [-0.1, -0.05) is 0 Å². The molecule has 0 saturated heterocycles. The molecule has 1 aromatic rings. The zero-order chi connectivity index (χ0) is 18.8. The molecule has 0 radical (unpaired) electrons. The third kappa shape index (κ3) is 5.35. The van der Waals surface area contributed by atoms with Crippen molar-refractivity contribution >= 4 is 11.8 Å². The van der Waals surface area contributed by atoms with Crippen molar-refractivity contribution in [2.75, 3.05) is 11.9 Å². The lowest BCUT2D eigenvalue weighted by atomic mass is 9.87. The van der Waals surface area contributed by atoms with E-state index in [4.69, 9.17) is 9.84 Å². The first kappa shape index (κ1) is 19.6. The minimum atomic E-state index is -4.68. The van der Waals surface area contributed by atoms with Gasteiger partial charge in [-0.05, 0) is 52.4 Å². The summed E-state index contributed by atoms with van der Waals surface area (Å²) in [5.41, 5.74) is -2.37. The number of hydrogen-bond donors (Lipinski definition) is 2. The monoisotopic (exact) mass is 363 g/mol. The zero-order valence-corrected chi connectivity index (χ0v) is 14.6. The Kier molecular flexibility index (Phi) is 5.65. The van der Waals surface area contributed by atoms with Crippen LogP contribution in [0.4, 0.5) is 23.7 Å². The topological polar surface area (TPSA) is 76.4 Å². The number of hydrogen-bond acceptors (Lipinski definition) is 4. The molecule has 0 spiro atoms. The lowest BCUT2D eigenvalue weighted by Gasteiger charge is -2.27. The van der Waals surface area contributed by atoms with Crippen LogP contribution in [0.2, 0.25) is 0 Å². The van der Waals surface area contributed by atoms with Crippen molar-refractivity contribution in [2.24, 2.45) is 5.92 Å². The largest absolute Gasteiger partial charge is 0.444 e. The molecule has 2 N–H and O–H groups in total. The minimum absolute atomic E-state index is 0.0884. The van der Waals surface area contributed by atoms with Crippen LogP contribution in [-0.4, -0.2) is 33.2 Å². The molecule has 2 rings (SSSR count). The summed E-state index contributed by atoms with van der Waals surface area (Å²) in [5.74, 6) is 0.188. The van der Waals surface area contributed by atoms with Gasteiger partial charge in [0, 0.05) is 12.8 Å². The SMILES string of the molecule is CC(C)(C)OC(=O)Nc1cn([C@H]2CC[C@H](CO)CC2)nc1C(F)(F)F. The van der Waals surface area contributed by atoms with Gasteiger partial charge in [-0.2, -0.15) is 18.3 Å². The molecular weight excluding hydrogens is 339 g/mol. The normalized spacial score (nSPS) is 21.9. The Balaban J connectivity index is 2.18. The molecule has 0 bridgehead atoms. The number of nitrogens with one attached hydrogen (secondary N) is 1. The number of nitrogens with zero attached hydrogens (tertiary/aromatic N) is 2. The lowest BCUT2D eigenvalue weighted by Crippen LogP contribution is -2.27. The number of carbonyl (C=O) groups is 1. The second-order valence-electron chi connectivity index (χ2n) is 7.35. The van der Waals surface area contributed by atoms with E-state index in [-0.39, 0.29) is 18.6 Å². The van der Waals surface area contributed by atoms with Crippen molar-refractivity contribution in [3.05, 3.63) is 11.9 Å². The molecule has 0 aromatic carbocycles. The third-order valence-corrected chi connectivity index (χ3v) is 4.08. The van der Waals surface area contributed by atoms with Crippen LogP contribution in [-0.2, 0) is 10.9 Å². The highest BCUT2D eigenvalue weighted by molar-refractivity contribution is 5.85. The summed E-state index contributed by atoms with van der Waals surface area (Å²) >= 11 is 0. The standard InChI is InChI=1S/C16H24F3N3O3/c1-15(2,3)25-14(24)20-12-8-22(21-13(12)16(17,18)19)11-6-4-10(9-23)5-7-11/h8,10-11,23H,4-7,9H2,1-3H3,(H,20,24)/t10-,11-. The van der Waals surface area contributed by atoms with Gasteiger partial charge in [0.05, 0.1) is 11.7 Å². The summed E-state index contributed by atoms with van der Waals surface area (Å²) < 4.78 is 46.0. The molecule has 25 heavy (non-hydrogen) atoms. The molecule has 0 aliphatic heterocycles. The molecule has 1 fully saturated rings. The van der Waals surface area contributed by atoms with Crippen LogP contribution in [0.15, 0.2) is 6.20 Å². The van der Waals surface area contributed by atoms with Gasteiger partial charge in [-0.3, -0.25) is 10.00 Å². The molecule has 1 aliphatic carbocycles. The summed E-state index contributed by atoms with van der Waals surface area (Å²) in [7, 11) is 0. The maximum Gasteiger partial charge on any atom is 0.437 e. The van der Waals surface area contributed by atoms with Gasteiger partial charge in [0.25, 0.3) is 0 Å². The van der Waals surface area contributed by atoms with E-state index in [1.807, 2.05) is 0 Å². The van der Waals surface area contributed by atoms with Crippen molar-refractivity contribution < 1.29 is 27.8 Å². The Hall–Kier alpha value is -1.77. The molecule has 0 unspecified atom stereocenters. The number of anilines is 1. The molecule has 1 amide bonds. The fraction of sp³-hybridized carbons (Fsp3) is 0.750. The van der Waals surface area contributed by atoms with Gasteiger partial charge in [0.2, 0.25) is 0 Å². The molecule has 6 nitrogen and oxygen atoms in total. The number of aliphatic hydroxyl groups is 1. The van der Waals surface area contributed by atoms with E-state index in [9.17, 15) is 18.0 Å². The van der Waals surface area contributed by atoms with E-state index in [1.165, 1.54) is 10.9 Å². The predicted molar refractivity (Wildman–Crippen MR) is 85.2 cm³/mol. The van der Waals surface area contributed by atoms with Gasteiger partial charge >= 0.3 is 12.3 Å². The number of rotatable bonds is 3. The molecule has 9 heteroatoms. The number of alkyl halides is 3. The highest BCUT2D eigenvalue weighted by Crippen LogP contribution is 2.37. The number of ether oxygens (including phenoxy) is 1. The summed E-state index contributed by atoms with van der Waals surface area (Å²) in [6.07, 6.45) is -1.70. The molecule has 1 aromatic heterocycles. The van der Waals surface area contributed by atoms with Crippen LogP contribution in [0.1, 0.15) is 58.2 Å². The highest BCUT2D eigenvalue weighted by atomic mass is 19.4. The fourth-order valence-corrected chi connectivity index (χ4v) is 2.89. The molecule has 1 saturated carbocycles. The number of aliphatic hydroxyl groups excluding tert-OH is 1. The van der Waals surface area contributed by atoms with Gasteiger partial charge in [-0.15, -0.1) is 0 Å². The minimum Gasteiger partial charge on any atom is -0.444 e. The van der Waals surface area contributed by atoms with Gasteiger partial charge in [0.15, 0.2) is 5.69 Å². The highest BCUT2D eigenvalue weighted by Gasteiger charge is 2.39. The van der Waals surface area contributed by atoms with Gasteiger partial charge < -0.3 is 9.84 Å². The van der Waals surface area contributed by atoms with Crippen molar-refractivity contribution in [2.45, 2.75) is 64.3 Å². The molecule has 142 valence electrons. The summed E-state index contributed by atoms with van der Waals surface area (Å²) in [6, 6.07) is -0.182. The van der Waals surface area contributed by atoms with Gasteiger partial charge in [-0.25, -0.2) is 4.79 Å². The lowest BCUT2D eigenvalue weighted by molar-refractivity contribution is -0.141. The van der Waals surface area contributed by atoms with Crippen molar-refractivity contribution in [1.82, 2.24) is 9.78 Å². The van der Waals surface area contributed by atoms with Crippen molar-refractivity contribution in [3.63, 3.8) is 0 Å². The predicted octanol–water partition coefficient (Wildman–Crippen LogP) is 3.97. The summed E-state index contributed by atoms with van der Waals surface area (Å²) in [5, 5.41) is 15.0. The first-order valence-electron chi connectivity index (χ1n) is 8.27. The Morgan fingerprint density at radius 3 is 2.40 bits per heavy atom. The second kappa shape index (κ2) is 7.23. The van der Waals surface area contributed by atoms with Crippen LogP contribution in [0.25, 0.3) is 0 Å². The first-order chi connectivity index (χ1) is 11.5. The molecule has 0 atom stereocenters. The third-order valence-electron chi connectivity index (χ3n) is 4.08. The average Bonchev–Trinajstić information content (AvgIpc) is 2.89. The van der Waals surface area contributed by atoms with Crippen LogP contribution in [0.5, 0.6) is 0 Å². The first-order valence-corrected chi connectivity index (χ1v) is 8.27. The number of halogens is 3. The maximum absolute atomic E-state index is 13.2. The second-order valence-corrected chi connectivity index (χ2v) is 7.35. The van der Waals surface area contributed by atoms with Crippen molar-refractivity contribution in [1.29, 1.82) is 0 Å². The number of aromatic nitrogens is 2. The van der Waals surface area contributed by atoms with E-state index < -0.39 is 29.3 Å². The number of carbonyl (C=O) groups excluding carboxylic acids is 1. The summed E-state index contributed by atoms with van der Waals surface area (Å²) in [6.45, 7) is 4.96. The van der Waals surface area contributed by atoms with Gasteiger partial charge in [0.1, 0.15) is 5.60 Å². The molecule has 1 heterocycles. The quantitative estimate of drug-likeness (QED) is 0.852. The Labute approximate surface area is 144 Å². The average molecular weight is 363 g/mol. The van der Waals surface area contributed by atoms with E-state index in [0.29, 0.717) is 12.8 Å². The van der Waals surface area contributed by atoms with Crippen LogP contribution < -0.4 is 5.32 Å². The van der Waals surface area contributed by atoms with E-state index in [1.54, 1.807) is 20.8 Å². The fourth-order valence-electron chi connectivity index (χ4n) is 2.89. The Morgan fingerprint density at radius 1 is 1.32 bits per heavy atom. The smallest absolute Gasteiger partial charge is 0.437 e.